The van der Waals surface area contributed by atoms with Crippen LogP contribution in [-0.2, 0) is 0 Å². The molecule has 6 heteroatoms. The Morgan fingerprint density at radius 2 is 1.89 bits per heavy atom. The topological polar surface area (TPSA) is 55.1 Å². The van der Waals surface area contributed by atoms with E-state index in [4.69, 9.17) is 28.9 Å². The molecule has 0 radical (unpaired) electrons. The van der Waals surface area contributed by atoms with Crippen LogP contribution in [0.1, 0.15) is 10.4 Å². The number of carbonyl (C=O) groups excluding carboxylic acids is 1. The van der Waals surface area contributed by atoms with Crippen LogP contribution in [0.2, 0.25) is 10.0 Å². The van der Waals surface area contributed by atoms with Gasteiger partial charge in [0, 0.05) is 15.1 Å². The molecule has 0 aromatic heterocycles. The largest absolute Gasteiger partial charge is 0.398 e. The molecule has 3 nitrogen and oxygen atoms in total. The second-order valence-corrected chi connectivity index (χ2v) is 5.51. The Morgan fingerprint density at radius 3 is 2.58 bits per heavy atom. The Morgan fingerprint density at radius 1 is 1.16 bits per heavy atom. The van der Waals surface area contributed by atoms with Crippen molar-refractivity contribution in [3.63, 3.8) is 0 Å². The van der Waals surface area contributed by atoms with E-state index < -0.39 is 0 Å². The summed E-state index contributed by atoms with van der Waals surface area (Å²) in [6, 6.07) is 9.85. The van der Waals surface area contributed by atoms with E-state index in [9.17, 15) is 4.79 Å². The number of halogens is 3. The van der Waals surface area contributed by atoms with Crippen molar-refractivity contribution in [1.29, 1.82) is 0 Å². The van der Waals surface area contributed by atoms with Crippen LogP contribution in [0.15, 0.2) is 40.9 Å². The summed E-state index contributed by atoms with van der Waals surface area (Å²) in [4.78, 5) is 12.1. The van der Waals surface area contributed by atoms with Crippen LogP contribution >= 0.6 is 39.1 Å². The molecule has 0 heterocycles. The molecule has 0 aliphatic heterocycles. The minimum absolute atomic E-state index is 0.287. The summed E-state index contributed by atoms with van der Waals surface area (Å²) in [5, 5.41) is 3.63. The number of anilines is 2. The molecule has 3 N–H and O–H groups in total. The van der Waals surface area contributed by atoms with Gasteiger partial charge in [0.2, 0.25) is 0 Å². The molecule has 2 aromatic rings. The van der Waals surface area contributed by atoms with Gasteiger partial charge in [0.15, 0.2) is 0 Å². The van der Waals surface area contributed by atoms with Gasteiger partial charge >= 0.3 is 0 Å². The maximum absolute atomic E-state index is 12.1. The van der Waals surface area contributed by atoms with Crippen molar-refractivity contribution in [2.24, 2.45) is 0 Å². The molecule has 0 saturated heterocycles. The van der Waals surface area contributed by atoms with Crippen LogP contribution < -0.4 is 11.1 Å². The van der Waals surface area contributed by atoms with E-state index in [0.29, 0.717) is 27.0 Å². The Kier molecular flexibility index (Phi) is 4.34. The first kappa shape index (κ1) is 14.2. The zero-order valence-corrected chi connectivity index (χ0v) is 12.7. The average Bonchev–Trinajstić information content (AvgIpc) is 2.37. The molecular formula is C13H9BrCl2N2O. The van der Waals surface area contributed by atoms with Crippen molar-refractivity contribution in [1.82, 2.24) is 0 Å². The van der Waals surface area contributed by atoms with Gasteiger partial charge < -0.3 is 11.1 Å². The molecular weight excluding hydrogens is 351 g/mol. The van der Waals surface area contributed by atoms with Crippen molar-refractivity contribution in [2.75, 3.05) is 11.1 Å². The third-order valence-electron chi connectivity index (χ3n) is 2.44. The first-order valence-electron chi connectivity index (χ1n) is 5.29. The molecule has 0 fully saturated rings. The van der Waals surface area contributed by atoms with Gasteiger partial charge in [-0.1, -0.05) is 23.2 Å². The van der Waals surface area contributed by atoms with E-state index in [0.717, 1.165) is 4.47 Å². The fourth-order valence-electron chi connectivity index (χ4n) is 1.46. The van der Waals surface area contributed by atoms with Gasteiger partial charge in [0.25, 0.3) is 5.91 Å². The predicted octanol–water partition coefficient (Wildman–Crippen LogP) is 4.59. The fraction of sp³-hybridized carbons (Fsp3) is 0. The molecule has 98 valence electrons. The highest BCUT2D eigenvalue weighted by molar-refractivity contribution is 9.10. The maximum Gasteiger partial charge on any atom is 0.255 e. The molecule has 1 amide bonds. The smallest absolute Gasteiger partial charge is 0.255 e. The van der Waals surface area contributed by atoms with Gasteiger partial charge in [-0.05, 0) is 52.3 Å². The lowest BCUT2D eigenvalue weighted by Crippen LogP contribution is -2.12. The molecule has 0 saturated carbocycles. The molecule has 0 aliphatic carbocycles. The van der Waals surface area contributed by atoms with Gasteiger partial charge in [-0.15, -0.1) is 0 Å². The van der Waals surface area contributed by atoms with Crippen molar-refractivity contribution >= 4 is 56.4 Å². The Bertz CT molecular complexity index is 647. The minimum Gasteiger partial charge on any atom is -0.398 e. The molecule has 2 aromatic carbocycles. The second-order valence-electron chi connectivity index (χ2n) is 3.81. The molecule has 19 heavy (non-hydrogen) atoms. The van der Waals surface area contributed by atoms with Crippen LogP contribution in [0.5, 0.6) is 0 Å². The molecule has 0 unspecified atom stereocenters. The van der Waals surface area contributed by atoms with E-state index in [-0.39, 0.29) is 5.91 Å². The second kappa shape index (κ2) is 5.82. The highest BCUT2D eigenvalue weighted by Gasteiger charge is 2.10. The Hall–Kier alpha value is -1.23. The number of nitrogens with one attached hydrogen (secondary N) is 1. The molecule has 2 rings (SSSR count). The molecule has 0 atom stereocenters. The summed E-state index contributed by atoms with van der Waals surface area (Å²) >= 11 is 15.1. The van der Waals surface area contributed by atoms with E-state index >= 15 is 0 Å². The number of rotatable bonds is 2. The molecule has 0 bridgehead atoms. The first-order valence-corrected chi connectivity index (χ1v) is 6.83. The van der Waals surface area contributed by atoms with Crippen LogP contribution in [-0.4, -0.2) is 5.91 Å². The monoisotopic (exact) mass is 358 g/mol. The maximum atomic E-state index is 12.1. The van der Waals surface area contributed by atoms with Crippen molar-refractivity contribution < 1.29 is 4.79 Å². The summed E-state index contributed by atoms with van der Waals surface area (Å²) in [5.74, 6) is -0.287. The van der Waals surface area contributed by atoms with Crippen LogP contribution in [0.4, 0.5) is 11.4 Å². The van der Waals surface area contributed by atoms with E-state index in [1.54, 1.807) is 30.3 Å². The summed E-state index contributed by atoms with van der Waals surface area (Å²) in [6.45, 7) is 0. The zero-order valence-electron chi connectivity index (χ0n) is 9.58. The zero-order chi connectivity index (χ0) is 14.0. The van der Waals surface area contributed by atoms with Crippen molar-refractivity contribution in [3.05, 3.63) is 56.5 Å². The lowest BCUT2D eigenvalue weighted by Gasteiger charge is -2.08. The van der Waals surface area contributed by atoms with Crippen LogP contribution in [0, 0.1) is 0 Å². The van der Waals surface area contributed by atoms with Crippen LogP contribution in [0.3, 0.4) is 0 Å². The molecule has 0 spiro atoms. The lowest BCUT2D eigenvalue weighted by molar-refractivity contribution is 0.102. The Balaban J connectivity index is 2.25. The third-order valence-corrected chi connectivity index (χ3v) is 3.69. The number of amides is 1. The number of hydrogen-bond donors (Lipinski definition) is 2. The normalized spacial score (nSPS) is 10.3. The lowest BCUT2D eigenvalue weighted by atomic mass is 10.2. The van der Waals surface area contributed by atoms with E-state index in [1.807, 2.05) is 0 Å². The standard InChI is InChI=1S/C13H9BrCl2N2O/c14-9-3-2-8(15)6-12(9)18-13(19)7-1-4-11(17)10(16)5-7/h1-6H,17H2,(H,18,19). The number of benzene rings is 2. The summed E-state index contributed by atoms with van der Waals surface area (Å²) < 4.78 is 0.742. The van der Waals surface area contributed by atoms with E-state index in [1.165, 1.54) is 6.07 Å². The summed E-state index contributed by atoms with van der Waals surface area (Å²) in [7, 11) is 0. The van der Waals surface area contributed by atoms with Gasteiger partial charge in [0.05, 0.1) is 16.4 Å². The van der Waals surface area contributed by atoms with Crippen molar-refractivity contribution in [2.45, 2.75) is 0 Å². The highest BCUT2D eigenvalue weighted by atomic mass is 79.9. The van der Waals surface area contributed by atoms with Crippen LogP contribution in [0.25, 0.3) is 0 Å². The number of carbonyl (C=O) groups is 1. The third kappa shape index (κ3) is 3.41. The minimum atomic E-state index is -0.287. The SMILES string of the molecule is Nc1ccc(C(=O)Nc2cc(Cl)ccc2Br)cc1Cl. The number of nitrogen functional groups attached to an aromatic ring is 1. The van der Waals surface area contributed by atoms with Gasteiger partial charge in [0.1, 0.15) is 0 Å². The highest BCUT2D eigenvalue weighted by Crippen LogP contribution is 2.27. The number of hydrogen-bond acceptors (Lipinski definition) is 2. The summed E-state index contributed by atoms with van der Waals surface area (Å²) in [6.07, 6.45) is 0. The van der Waals surface area contributed by atoms with Crippen molar-refractivity contribution in [3.8, 4) is 0 Å². The Labute approximate surface area is 128 Å². The number of nitrogens with two attached hydrogens (primary N) is 1. The van der Waals surface area contributed by atoms with Gasteiger partial charge in [-0.3, -0.25) is 4.79 Å². The summed E-state index contributed by atoms with van der Waals surface area (Å²) in [5.41, 5.74) is 7.04. The predicted molar refractivity (Wildman–Crippen MR) is 83.0 cm³/mol. The fourth-order valence-corrected chi connectivity index (χ4v) is 2.15. The van der Waals surface area contributed by atoms with E-state index in [2.05, 4.69) is 21.2 Å². The van der Waals surface area contributed by atoms with Gasteiger partial charge in [-0.25, -0.2) is 0 Å². The van der Waals surface area contributed by atoms with Gasteiger partial charge in [-0.2, -0.15) is 0 Å². The molecule has 0 aliphatic rings. The quantitative estimate of drug-likeness (QED) is 0.770. The average molecular weight is 360 g/mol. The first-order chi connectivity index (χ1) is 8.97.